The first-order valence-corrected chi connectivity index (χ1v) is 13.9. The van der Waals surface area contributed by atoms with E-state index in [1.807, 2.05) is 61.3 Å². The van der Waals surface area contributed by atoms with Crippen LogP contribution in [0.15, 0.2) is 53.3 Å². The highest BCUT2D eigenvalue weighted by atomic mass is 19.1. The third-order valence-corrected chi connectivity index (χ3v) is 7.75. The van der Waals surface area contributed by atoms with E-state index >= 15 is 0 Å². The van der Waals surface area contributed by atoms with Gasteiger partial charge in [0.1, 0.15) is 6.67 Å². The molecule has 2 amide bonds. The van der Waals surface area contributed by atoms with E-state index in [1.54, 1.807) is 12.3 Å². The van der Waals surface area contributed by atoms with Crippen LogP contribution in [0.1, 0.15) is 40.5 Å². The van der Waals surface area contributed by atoms with Crippen LogP contribution in [0.4, 0.5) is 10.1 Å². The first-order chi connectivity index (χ1) is 19.8. The second-order valence-corrected chi connectivity index (χ2v) is 11.0. The molecule has 11 heteroatoms. The molecule has 216 valence electrons. The van der Waals surface area contributed by atoms with Crippen molar-refractivity contribution >= 4 is 17.5 Å². The second-order valence-electron chi connectivity index (χ2n) is 11.0. The number of carbonyl (C=O) groups is 2. The number of halogens is 1. The van der Waals surface area contributed by atoms with Gasteiger partial charge in [-0.2, -0.15) is 4.98 Å². The van der Waals surface area contributed by atoms with Gasteiger partial charge >= 0.3 is 0 Å². The Bertz CT molecular complexity index is 1420. The summed E-state index contributed by atoms with van der Waals surface area (Å²) in [6, 6.07) is 8.13. The number of hydrogen-bond donors (Lipinski definition) is 1. The first kappa shape index (κ1) is 28.4. The van der Waals surface area contributed by atoms with Gasteiger partial charge in [0.25, 0.3) is 11.7 Å². The molecular formula is C30H36FN7O3. The van der Waals surface area contributed by atoms with E-state index in [1.165, 1.54) is 0 Å². The lowest BCUT2D eigenvalue weighted by molar-refractivity contribution is -0.126. The van der Waals surface area contributed by atoms with Gasteiger partial charge in [-0.3, -0.25) is 14.6 Å². The minimum atomic E-state index is -0.697. The molecule has 2 aliphatic rings. The van der Waals surface area contributed by atoms with E-state index in [0.717, 1.165) is 47.6 Å². The van der Waals surface area contributed by atoms with E-state index in [9.17, 15) is 14.0 Å². The van der Waals surface area contributed by atoms with Gasteiger partial charge in [-0.15, -0.1) is 0 Å². The summed E-state index contributed by atoms with van der Waals surface area (Å²) in [6.07, 6.45) is 8.52. The number of likely N-dealkylation sites (N-methyl/N-ethyl adjacent to an activating group) is 1. The van der Waals surface area contributed by atoms with Crippen molar-refractivity contribution in [2.45, 2.75) is 31.7 Å². The molecule has 0 spiro atoms. The topological polar surface area (TPSA) is 108 Å². The number of piperazine rings is 1. The number of hydrogen-bond acceptors (Lipinski definition) is 8. The lowest BCUT2D eigenvalue weighted by Gasteiger charge is -2.36. The summed E-state index contributed by atoms with van der Waals surface area (Å²) < 4.78 is 18.4. The molecule has 1 saturated heterocycles. The molecule has 1 saturated carbocycles. The Hall–Kier alpha value is -4.12. The number of anilines is 1. The van der Waals surface area contributed by atoms with Crippen molar-refractivity contribution in [1.82, 2.24) is 30.2 Å². The molecule has 3 aromatic rings. The number of amides is 2. The van der Waals surface area contributed by atoms with Crippen LogP contribution in [0.5, 0.6) is 0 Å². The molecule has 5 rings (SSSR count). The largest absolute Gasteiger partial charge is 0.366 e. The molecule has 1 N–H and O–H groups in total. The zero-order chi connectivity index (χ0) is 29.0. The van der Waals surface area contributed by atoms with Crippen molar-refractivity contribution in [3.05, 3.63) is 71.7 Å². The van der Waals surface area contributed by atoms with Gasteiger partial charge in [0.2, 0.25) is 11.8 Å². The summed E-state index contributed by atoms with van der Waals surface area (Å²) in [6.45, 7) is 5.21. The van der Waals surface area contributed by atoms with Crippen LogP contribution < -0.4 is 10.2 Å². The predicted molar refractivity (Wildman–Crippen MR) is 153 cm³/mol. The predicted octanol–water partition coefficient (Wildman–Crippen LogP) is 3.14. The van der Waals surface area contributed by atoms with E-state index < -0.39 is 18.0 Å². The van der Waals surface area contributed by atoms with Gasteiger partial charge in [0, 0.05) is 57.1 Å². The number of aryl methyl sites for hydroxylation is 1. The Morgan fingerprint density at radius 1 is 1.17 bits per heavy atom. The molecule has 1 aliphatic carbocycles. The van der Waals surface area contributed by atoms with Gasteiger partial charge in [0.05, 0.1) is 17.3 Å². The van der Waals surface area contributed by atoms with Crippen LogP contribution in [0.3, 0.4) is 0 Å². The minimum absolute atomic E-state index is 0.0441. The fraction of sp³-hybridized carbons (Fsp3) is 0.433. The van der Waals surface area contributed by atoms with Crippen LogP contribution in [0, 0.1) is 6.92 Å². The summed E-state index contributed by atoms with van der Waals surface area (Å²) in [5.74, 6) is -0.298. The molecule has 3 heterocycles. The summed E-state index contributed by atoms with van der Waals surface area (Å²) in [4.78, 5) is 39.8. The molecule has 0 radical (unpaired) electrons. The van der Waals surface area contributed by atoms with Crippen LogP contribution in [0.25, 0.3) is 11.1 Å². The second kappa shape index (κ2) is 12.2. The van der Waals surface area contributed by atoms with Crippen LogP contribution in [-0.4, -0.2) is 90.2 Å². The van der Waals surface area contributed by atoms with E-state index in [2.05, 4.69) is 31.4 Å². The Morgan fingerprint density at radius 2 is 1.95 bits per heavy atom. The van der Waals surface area contributed by atoms with Crippen molar-refractivity contribution in [2.24, 2.45) is 0 Å². The summed E-state index contributed by atoms with van der Waals surface area (Å²) >= 11 is 0. The highest BCUT2D eigenvalue weighted by Crippen LogP contribution is 2.47. The smallest absolute Gasteiger partial charge is 0.292 e. The number of carbonyl (C=O) groups excluding carboxylic acids is 2. The summed E-state index contributed by atoms with van der Waals surface area (Å²) in [7, 11) is 3.94. The molecule has 2 fully saturated rings. The van der Waals surface area contributed by atoms with Crippen molar-refractivity contribution < 1.29 is 18.5 Å². The van der Waals surface area contributed by atoms with Crippen LogP contribution >= 0.6 is 0 Å². The fourth-order valence-electron chi connectivity index (χ4n) is 4.92. The monoisotopic (exact) mass is 561 g/mol. The third kappa shape index (κ3) is 6.45. The van der Waals surface area contributed by atoms with E-state index in [0.29, 0.717) is 32.5 Å². The number of rotatable bonds is 10. The van der Waals surface area contributed by atoms with Crippen molar-refractivity contribution in [3.8, 4) is 11.1 Å². The zero-order valence-corrected chi connectivity index (χ0v) is 23.8. The maximum Gasteiger partial charge on any atom is 0.292 e. The normalized spacial score (nSPS) is 16.4. The average Bonchev–Trinajstić information content (AvgIpc) is 3.63. The number of benzene rings is 1. The number of nitrogens with zero attached hydrogens (tertiary/aromatic N) is 6. The molecule has 2 aromatic heterocycles. The van der Waals surface area contributed by atoms with E-state index in [4.69, 9.17) is 4.52 Å². The van der Waals surface area contributed by atoms with Crippen molar-refractivity contribution in [1.29, 1.82) is 0 Å². The molecule has 41 heavy (non-hydrogen) atoms. The summed E-state index contributed by atoms with van der Waals surface area (Å²) in [5.41, 5.74) is 4.41. The standard InChI is InChI=1S/C30H36FN7O3/c1-21-17-22(6-7-23(21)18-33-28(40)27-34-29(41-35-27)30(20-31)9-10-30)24-8-11-32-19-25(24)37-13-15-38(16-14-37)26(39)5-4-12-36(2)3/h4-8,11,17,19H,9-10,12-16,18,20H2,1-3H3,(H,33,40)/b5-4+. The lowest BCUT2D eigenvalue weighted by Crippen LogP contribution is -2.48. The molecule has 0 atom stereocenters. The van der Waals surface area contributed by atoms with Gasteiger partial charge in [-0.25, -0.2) is 4.39 Å². The Kier molecular flexibility index (Phi) is 8.44. The Balaban J connectivity index is 1.21. The Morgan fingerprint density at radius 3 is 2.63 bits per heavy atom. The highest BCUT2D eigenvalue weighted by molar-refractivity contribution is 5.90. The van der Waals surface area contributed by atoms with Crippen LogP contribution in [-0.2, 0) is 16.8 Å². The molecule has 1 aliphatic heterocycles. The van der Waals surface area contributed by atoms with Crippen molar-refractivity contribution in [2.75, 3.05) is 58.4 Å². The maximum absolute atomic E-state index is 13.3. The fourth-order valence-corrected chi connectivity index (χ4v) is 4.92. The zero-order valence-electron chi connectivity index (χ0n) is 23.8. The average molecular weight is 562 g/mol. The molecule has 10 nitrogen and oxygen atoms in total. The molecule has 0 bridgehead atoms. The number of nitrogens with one attached hydrogen (secondary N) is 1. The number of pyridine rings is 1. The SMILES string of the molecule is Cc1cc(-c2ccncc2N2CCN(C(=O)/C=C/CN(C)C)CC2)ccc1CNC(=O)c1noc(C2(CF)CC2)n1. The maximum atomic E-state index is 13.3. The molecule has 0 unspecified atom stereocenters. The number of alkyl halides is 1. The first-order valence-electron chi connectivity index (χ1n) is 13.9. The van der Waals surface area contributed by atoms with Crippen molar-refractivity contribution in [3.63, 3.8) is 0 Å². The third-order valence-electron chi connectivity index (χ3n) is 7.75. The quantitative estimate of drug-likeness (QED) is 0.376. The molecular weight excluding hydrogens is 525 g/mol. The summed E-state index contributed by atoms with van der Waals surface area (Å²) in [5, 5.41) is 6.58. The lowest BCUT2D eigenvalue weighted by atomic mass is 9.99. The van der Waals surface area contributed by atoms with E-state index in [-0.39, 0.29) is 17.6 Å². The Labute approximate surface area is 239 Å². The minimum Gasteiger partial charge on any atom is -0.366 e. The highest BCUT2D eigenvalue weighted by Gasteiger charge is 2.50. The van der Waals surface area contributed by atoms with Gasteiger partial charge in [-0.05, 0) is 56.6 Å². The van der Waals surface area contributed by atoms with Gasteiger partial charge in [0.15, 0.2) is 0 Å². The van der Waals surface area contributed by atoms with Crippen LogP contribution in [0.2, 0.25) is 0 Å². The van der Waals surface area contributed by atoms with Gasteiger partial charge in [-0.1, -0.05) is 29.4 Å². The van der Waals surface area contributed by atoms with Gasteiger partial charge < -0.3 is 24.5 Å². The molecule has 1 aromatic carbocycles. The number of aromatic nitrogens is 3.